The van der Waals surface area contributed by atoms with Gasteiger partial charge >= 0.3 is 0 Å². The summed E-state index contributed by atoms with van der Waals surface area (Å²) in [6.07, 6.45) is 3.11. The SMILES string of the molecule is O=C(NCc1ccc(N2CCCC2=O)cc1)c1cccc(S(=O)(=O)NC[C@H]2CCCO2)c1. The molecule has 2 saturated heterocycles. The summed E-state index contributed by atoms with van der Waals surface area (Å²) < 4.78 is 33.2. The number of hydrogen-bond acceptors (Lipinski definition) is 5. The lowest BCUT2D eigenvalue weighted by molar-refractivity contribution is -0.117. The molecule has 0 saturated carbocycles. The normalized spacial score (nSPS) is 18.8. The maximum atomic E-state index is 12.6. The van der Waals surface area contributed by atoms with Gasteiger partial charge in [0.1, 0.15) is 0 Å². The topological polar surface area (TPSA) is 105 Å². The van der Waals surface area contributed by atoms with Crippen LogP contribution in [0.5, 0.6) is 0 Å². The maximum absolute atomic E-state index is 12.6. The number of rotatable bonds is 8. The van der Waals surface area contributed by atoms with E-state index in [1.165, 1.54) is 12.1 Å². The number of nitrogens with one attached hydrogen (secondary N) is 2. The molecule has 2 aromatic carbocycles. The van der Waals surface area contributed by atoms with Crippen LogP contribution in [0.4, 0.5) is 5.69 Å². The Morgan fingerprint density at radius 1 is 1.12 bits per heavy atom. The quantitative estimate of drug-likeness (QED) is 0.632. The van der Waals surface area contributed by atoms with E-state index >= 15 is 0 Å². The first-order valence-electron chi connectivity index (χ1n) is 10.8. The Balaban J connectivity index is 1.34. The molecule has 8 nitrogen and oxygen atoms in total. The molecule has 0 bridgehead atoms. The molecule has 0 spiro atoms. The molecule has 2 aliphatic heterocycles. The Hall–Kier alpha value is -2.75. The molecular formula is C23H27N3O5S. The van der Waals surface area contributed by atoms with Gasteiger partial charge < -0.3 is 15.0 Å². The highest BCUT2D eigenvalue weighted by Gasteiger charge is 2.22. The molecule has 2 amide bonds. The monoisotopic (exact) mass is 457 g/mol. The molecule has 2 aromatic rings. The van der Waals surface area contributed by atoms with Crippen LogP contribution >= 0.6 is 0 Å². The van der Waals surface area contributed by atoms with E-state index in [1.807, 2.05) is 24.3 Å². The van der Waals surface area contributed by atoms with E-state index in [0.29, 0.717) is 19.6 Å². The van der Waals surface area contributed by atoms with Crippen LogP contribution < -0.4 is 14.9 Å². The van der Waals surface area contributed by atoms with Crippen molar-refractivity contribution in [2.24, 2.45) is 0 Å². The number of sulfonamides is 1. The fraction of sp³-hybridized carbons (Fsp3) is 0.391. The molecule has 2 aliphatic rings. The van der Waals surface area contributed by atoms with Gasteiger partial charge in [0.2, 0.25) is 15.9 Å². The summed E-state index contributed by atoms with van der Waals surface area (Å²) in [6, 6.07) is 13.5. The number of carbonyl (C=O) groups excluding carboxylic acids is 2. The van der Waals surface area contributed by atoms with Crippen molar-refractivity contribution < 1.29 is 22.7 Å². The minimum Gasteiger partial charge on any atom is -0.377 e. The van der Waals surface area contributed by atoms with Crippen molar-refractivity contribution in [3.8, 4) is 0 Å². The molecule has 2 N–H and O–H groups in total. The number of carbonyl (C=O) groups is 2. The first kappa shape index (κ1) is 22.4. The zero-order chi connectivity index (χ0) is 22.6. The predicted octanol–water partition coefficient (Wildman–Crippen LogP) is 2.20. The number of nitrogens with zero attached hydrogens (tertiary/aromatic N) is 1. The van der Waals surface area contributed by atoms with Crippen LogP contribution in [0.25, 0.3) is 0 Å². The standard InChI is InChI=1S/C23H27N3O5S/c27-22-7-2-12-26(22)19-10-8-17(9-11-19)15-24-23(28)18-4-1-6-21(14-18)32(29,30)25-16-20-5-3-13-31-20/h1,4,6,8-11,14,20,25H,2-3,5,7,12-13,15-16H2,(H,24,28)/t20-/m1/s1. The highest BCUT2D eigenvalue weighted by atomic mass is 32.2. The Bertz CT molecular complexity index is 1080. The Morgan fingerprint density at radius 2 is 1.94 bits per heavy atom. The molecule has 0 unspecified atom stereocenters. The average molecular weight is 458 g/mol. The molecule has 1 atom stereocenters. The zero-order valence-electron chi connectivity index (χ0n) is 17.7. The van der Waals surface area contributed by atoms with E-state index in [0.717, 1.165) is 37.1 Å². The number of benzene rings is 2. The van der Waals surface area contributed by atoms with Crippen molar-refractivity contribution in [2.75, 3.05) is 24.6 Å². The van der Waals surface area contributed by atoms with Crippen molar-refractivity contribution >= 4 is 27.5 Å². The molecule has 2 fully saturated rings. The largest absolute Gasteiger partial charge is 0.377 e. The van der Waals surface area contributed by atoms with Gasteiger partial charge in [-0.25, -0.2) is 13.1 Å². The van der Waals surface area contributed by atoms with Crippen LogP contribution in [-0.2, 0) is 26.1 Å². The predicted molar refractivity (Wildman–Crippen MR) is 120 cm³/mol. The molecule has 32 heavy (non-hydrogen) atoms. The van der Waals surface area contributed by atoms with Crippen LogP contribution in [0.3, 0.4) is 0 Å². The second-order valence-electron chi connectivity index (χ2n) is 8.01. The van der Waals surface area contributed by atoms with Crippen LogP contribution in [0.2, 0.25) is 0 Å². The van der Waals surface area contributed by atoms with Crippen LogP contribution in [0.1, 0.15) is 41.6 Å². The summed E-state index contributed by atoms with van der Waals surface area (Å²) in [5.41, 5.74) is 2.01. The number of ether oxygens (including phenoxy) is 1. The minimum absolute atomic E-state index is 0.0442. The lowest BCUT2D eigenvalue weighted by atomic mass is 10.1. The molecule has 4 rings (SSSR count). The van der Waals surface area contributed by atoms with Gasteiger partial charge in [-0.1, -0.05) is 18.2 Å². The number of amides is 2. The Labute approximate surface area is 188 Å². The van der Waals surface area contributed by atoms with Crippen LogP contribution in [0.15, 0.2) is 53.4 Å². The second-order valence-corrected chi connectivity index (χ2v) is 9.78. The third-order valence-corrected chi connectivity index (χ3v) is 7.13. The van der Waals surface area contributed by atoms with Crippen LogP contribution in [0, 0.1) is 0 Å². The van der Waals surface area contributed by atoms with Gasteiger partial charge in [0.05, 0.1) is 11.0 Å². The first-order valence-corrected chi connectivity index (χ1v) is 12.3. The van der Waals surface area contributed by atoms with Crippen molar-refractivity contribution in [1.82, 2.24) is 10.0 Å². The summed E-state index contributed by atoms with van der Waals surface area (Å²) in [5.74, 6) is -0.230. The number of hydrogen-bond donors (Lipinski definition) is 2. The Kier molecular flexibility index (Phi) is 6.88. The van der Waals surface area contributed by atoms with E-state index in [9.17, 15) is 18.0 Å². The first-order chi connectivity index (χ1) is 15.4. The summed E-state index contributed by atoms with van der Waals surface area (Å²) in [4.78, 5) is 26.2. The summed E-state index contributed by atoms with van der Waals surface area (Å²) >= 11 is 0. The van der Waals surface area contributed by atoms with E-state index < -0.39 is 10.0 Å². The zero-order valence-corrected chi connectivity index (χ0v) is 18.6. The van der Waals surface area contributed by atoms with Crippen molar-refractivity contribution in [1.29, 1.82) is 0 Å². The fourth-order valence-electron chi connectivity index (χ4n) is 3.90. The molecular weight excluding hydrogens is 430 g/mol. The van der Waals surface area contributed by atoms with Crippen LogP contribution in [-0.4, -0.2) is 46.0 Å². The fourth-order valence-corrected chi connectivity index (χ4v) is 5.01. The number of anilines is 1. The van der Waals surface area contributed by atoms with Gasteiger partial charge in [0, 0.05) is 43.9 Å². The molecule has 0 radical (unpaired) electrons. The molecule has 9 heteroatoms. The third kappa shape index (κ3) is 5.35. The van der Waals surface area contributed by atoms with E-state index in [4.69, 9.17) is 4.74 Å². The molecule has 0 aromatic heterocycles. The molecule has 0 aliphatic carbocycles. The smallest absolute Gasteiger partial charge is 0.251 e. The van der Waals surface area contributed by atoms with E-state index in [-0.39, 0.29) is 34.9 Å². The van der Waals surface area contributed by atoms with Gasteiger partial charge in [-0.3, -0.25) is 9.59 Å². The van der Waals surface area contributed by atoms with Gasteiger partial charge in [0.15, 0.2) is 0 Å². The van der Waals surface area contributed by atoms with Crippen molar-refractivity contribution in [3.63, 3.8) is 0 Å². The highest BCUT2D eigenvalue weighted by Crippen LogP contribution is 2.21. The minimum atomic E-state index is -3.73. The highest BCUT2D eigenvalue weighted by molar-refractivity contribution is 7.89. The Morgan fingerprint density at radius 3 is 2.62 bits per heavy atom. The van der Waals surface area contributed by atoms with E-state index in [2.05, 4.69) is 10.0 Å². The average Bonchev–Trinajstić information content (AvgIpc) is 3.48. The lowest BCUT2D eigenvalue weighted by Crippen LogP contribution is -2.32. The second kappa shape index (κ2) is 9.81. The van der Waals surface area contributed by atoms with Gasteiger partial charge in [0.25, 0.3) is 5.91 Å². The summed E-state index contributed by atoms with van der Waals surface area (Å²) in [5, 5.41) is 2.81. The lowest BCUT2D eigenvalue weighted by Gasteiger charge is -2.16. The molecule has 170 valence electrons. The van der Waals surface area contributed by atoms with Crippen molar-refractivity contribution in [3.05, 3.63) is 59.7 Å². The van der Waals surface area contributed by atoms with Gasteiger partial charge in [-0.05, 0) is 55.2 Å². The summed E-state index contributed by atoms with van der Waals surface area (Å²) in [6.45, 7) is 1.90. The molecule has 2 heterocycles. The maximum Gasteiger partial charge on any atom is 0.251 e. The van der Waals surface area contributed by atoms with Gasteiger partial charge in [-0.2, -0.15) is 0 Å². The third-order valence-electron chi connectivity index (χ3n) is 5.71. The van der Waals surface area contributed by atoms with Crippen molar-refractivity contribution in [2.45, 2.75) is 43.2 Å². The summed E-state index contributed by atoms with van der Waals surface area (Å²) in [7, 11) is -3.73. The van der Waals surface area contributed by atoms with Gasteiger partial charge in [-0.15, -0.1) is 0 Å². The van der Waals surface area contributed by atoms with E-state index in [1.54, 1.807) is 17.0 Å².